The van der Waals surface area contributed by atoms with E-state index >= 15 is 0 Å². The van der Waals surface area contributed by atoms with Gasteiger partial charge in [-0.2, -0.15) is 0 Å². The summed E-state index contributed by atoms with van der Waals surface area (Å²) in [5.41, 5.74) is 0. The average molecular weight is 258 g/mol. The quantitative estimate of drug-likeness (QED) is 0.711. The maximum atomic E-state index is 12.0. The Morgan fingerprint density at radius 2 is 2.06 bits per heavy atom. The lowest BCUT2D eigenvalue weighted by atomic mass is 10.2. The van der Waals surface area contributed by atoms with Gasteiger partial charge in [-0.25, -0.2) is 4.79 Å². The van der Waals surface area contributed by atoms with Crippen molar-refractivity contribution < 1.29 is 19.4 Å². The molecule has 2 atom stereocenters. The van der Waals surface area contributed by atoms with Crippen LogP contribution in [0.2, 0.25) is 0 Å². The van der Waals surface area contributed by atoms with Gasteiger partial charge in [0, 0.05) is 19.7 Å². The summed E-state index contributed by atoms with van der Waals surface area (Å²) < 4.78 is 4.99. The van der Waals surface area contributed by atoms with Gasteiger partial charge in [0.25, 0.3) is 0 Å². The Hall–Kier alpha value is -1.30. The number of rotatable bonds is 7. The second kappa shape index (κ2) is 6.58. The Kier molecular flexibility index (Phi) is 5.40. The maximum absolute atomic E-state index is 12.0. The lowest BCUT2D eigenvalue weighted by Gasteiger charge is -2.30. The van der Waals surface area contributed by atoms with Crippen molar-refractivity contribution in [2.45, 2.75) is 38.8 Å². The van der Waals surface area contributed by atoms with E-state index in [9.17, 15) is 9.59 Å². The molecule has 104 valence electrons. The fraction of sp³-hybridized carbons (Fsp3) is 0.833. The lowest BCUT2D eigenvalue weighted by molar-refractivity contribution is -0.138. The molecule has 1 aliphatic rings. The molecule has 0 aromatic carbocycles. The van der Waals surface area contributed by atoms with Gasteiger partial charge in [-0.3, -0.25) is 4.79 Å². The van der Waals surface area contributed by atoms with Crippen molar-refractivity contribution in [1.29, 1.82) is 0 Å². The van der Waals surface area contributed by atoms with Gasteiger partial charge < -0.3 is 20.1 Å². The molecule has 0 aromatic rings. The number of carbonyl (C=O) groups is 2. The van der Waals surface area contributed by atoms with Gasteiger partial charge in [0.05, 0.1) is 6.61 Å². The third-order valence-electron chi connectivity index (χ3n) is 3.30. The first-order chi connectivity index (χ1) is 8.47. The first kappa shape index (κ1) is 14.8. The van der Waals surface area contributed by atoms with Crippen molar-refractivity contribution in [1.82, 2.24) is 10.2 Å². The van der Waals surface area contributed by atoms with Crippen molar-refractivity contribution in [3.8, 4) is 0 Å². The van der Waals surface area contributed by atoms with Crippen LogP contribution >= 0.6 is 0 Å². The predicted molar refractivity (Wildman–Crippen MR) is 66.4 cm³/mol. The van der Waals surface area contributed by atoms with E-state index in [1.165, 1.54) is 6.92 Å². The van der Waals surface area contributed by atoms with Crippen LogP contribution in [0.25, 0.3) is 0 Å². The third-order valence-corrected chi connectivity index (χ3v) is 3.30. The van der Waals surface area contributed by atoms with Gasteiger partial charge in [0.2, 0.25) is 0 Å². The van der Waals surface area contributed by atoms with Crippen LogP contribution in [-0.2, 0) is 9.53 Å². The molecule has 6 heteroatoms. The number of aliphatic carboxylic acids is 1. The molecule has 2 N–H and O–H groups in total. The van der Waals surface area contributed by atoms with Gasteiger partial charge in [-0.1, -0.05) is 0 Å². The summed E-state index contributed by atoms with van der Waals surface area (Å²) in [6.07, 6.45) is 2.26. The predicted octanol–water partition coefficient (Wildman–Crippen LogP) is 0.916. The SMILES string of the molecule is COCCN(C(=O)N[C@H](C)C(=O)O)C(C)C1CC1. The van der Waals surface area contributed by atoms with Gasteiger partial charge >= 0.3 is 12.0 Å². The Labute approximate surface area is 107 Å². The van der Waals surface area contributed by atoms with Crippen LogP contribution in [0.1, 0.15) is 26.7 Å². The smallest absolute Gasteiger partial charge is 0.325 e. The van der Waals surface area contributed by atoms with Crippen LogP contribution in [0.15, 0.2) is 0 Å². The van der Waals surface area contributed by atoms with Crippen LogP contribution in [0.5, 0.6) is 0 Å². The number of carboxylic acids is 1. The molecule has 1 rings (SSSR count). The Morgan fingerprint density at radius 1 is 1.44 bits per heavy atom. The molecular weight excluding hydrogens is 236 g/mol. The Balaban J connectivity index is 2.56. The number of hydrogen-bond donors (Lipinski definition) is 2. The van der Waals surface area contributed by atoms with Crippen molar-refractivity contribution >= 4 is 12.0 Å². The summed E-state index contributed by atoms with van der Waals surface area (Å²) in [6.45, 7) is 4.38. The minimum Gasteiger partial charge on any atom is -0.480 e. The highest BCUT2D eigenvalue weighted by Gasteiger charge is 2.34. The number of carbonyl (C=O) groups excluding carboxylic acids is 1. The van der Waals surface area contributed by atoms with E-state index in [0.717, 1.165) is 12.8 Å². The normalized spacial score (nSPS) is 17.9. The van der Waals surface area contributed by atoms with Crippen LogP contribution in [-0.4, -0.2) is 54.4 Å². The van der Waals surface area contributed by atoms with Crippen LogP contribution < -0.4 is 5.32 Å². The van der Waals surface area contributed by atoms with E-state index in [0.29, 0.717) is 19.1 Å². The number of nitrogens with zero attached hydrogens (tertiary/aromatic N) is 1. The largest absolute Gasteiger partial charge is 0.480 e. The number of carboxylic acid groups (broad SMARTS) is 1. The zero-order valence-corrected chi connectivity index (χ0v) is 11.2. The molecule has 0 heterocycles. The molecule has 6 nitrogen and oxygen atoms in total. The minimum absolute atomic E-state index is 0.126. The molecule has 2 amide bonds. The standard InChI is InChI=1S/C12H22N2O4/c1-8(11(15)16)13-12(17)14(6-7-18-3)9(2)10-4-5-10/h8-10H,4-7H2,1-3H3,(H,13,17)(H,15,16)/t8-,9?/m1/s1. The summed E-state index contributed by atoms with van der Waals surface area (Å²) in [5.74, 6) is -0.498. The highest BCUT2D eigenvalue weighted by molar-refractivity contribution is 5.82. The first-order valence-corrected chi connectivity index (χ1v) is 6.26. The molecule has 1 unspecified atom stereocenters. The topological polar surface area (TPSA) is 78.9 Å². The first-order valence-electron chi connectivity index (χ1n) is 6.26. The summed E-state index contributed by atoms with van der Waals surface area (Å²) >= 11 is 0. The molecule has 0 spiro atoms. The number of ether oxygens (including phenoxy) is 1. The van der Waals surface area contributed by atoms with Gasteiger partial charge in [0.15, 0.2) is 0 Å². The Bertz CT molecular complexity index is 304. The van der Waals surface area contributed by atoms with Gasteiger partial charge in [-0.15, -0.1) is 0 Å². The molecule has 0 aromatic heterocycles. The molecule has 0 aliphatic heterocycles. The van der Waals surface area contributed by atoms with Crippen molar-refractivity contribution in [3.63, 3.8) is 0 Å². The number of methoxy groups -OCH3 is 1. The zero-order chi connectivity index (χ0) is 13.7. The number of amides is 2. The second-order valence-electron chi connectivity index (χ2n) is 4.77. The second-order valence-corrected chi connectivity index (χ2v) is 4.77. The number of nitrogens with one attached hydrogen (secondary N) is 1. The van der Waals surface area contributed by atoms with E-state index in [2.05, 4.69) is 5.32 Å². The van der Waals surface area contributed by atoms with E-state index in [1.807, 2.05) is 6.92 Å². The van der Waals surface area contributed by atoms with Crippen LogP contribution in [0.3, 0.4) is 0 Å². The fourth-order valence-corrected chi connectivity index (χ4v) is 1.84. The van der Waals surface area contributed by atoms with Gasteiger partial charge in [-0.05, 0) is 32.6 Å². The van der Waals surface area contributed by atoms with Crippen LogP contribution in [0.4, 0.5) is 4.79 Å². The van der Waals surface area contributed by atoms with Crippen molar-refractivity contribution in [2.75, 3.05) is 20.3 Å². The molecule has 1 aliphatic carbocycles. The number of urea groups is 1. The van der Waals surface area contributed by atoms with Crippen molar-refractivity contribution in [3.05, 3.63) is 0 Å². The van der Waals surface area contributed by atoms with E-state index in [4.69, 9.17) is 9.84 Å². The van der Waals surface area contributed by atoms with E-state index in [-0.39, 0.29) is 12.1 Å². The average Bonchev–Trinajstić information content (AvgIpc) is 3.12. The summed E-state index contributed by atoms with van der Waals surface area (Å²) in [7, 11) is 1.58. The van der Waals surface area contributed by atoms with E-state index < -0.39 is 12.0 Å². The molecule has 1 fully saturated rings. The highest BCUT2D eigenvalue weighted by atomic mass is 16.5. The molecular formula is C12H22N2O4. The highest BCUT2D eigenvalue weighted by Crippen LogP contribution is 2.35. The molecule has 1 saturated carbocycles. The van der Waals surface area contributed by atoms with Crippen LogP contribution in [0, 0.1) is 5.92 Å². The summed E-state index contributed by atoms with van der Waals surface area (Å²) in [5, 5.41) is 11.3. The van der Waals surface area contributed by atoms with Crippen molar-refractivity contribution in [2.24, 2.45) is 5.92 Å². The monoisotopic (exact) mass is 258 g/mol. The molecule has 0 saturated heterocycles. The fourth-order valence-electron chi connectivity index (χ4n) is 1.84. The molecule has 18 heavy (non-hydrogen) atoms. The molecule has 0 bridgehead atoms. The Morgan fingerprint density at radius 3 is 2.50 bits per heavy atom. The summed E-state index contributed by atoms with van der Waals surface area (Å²) in [4.78, 5) is 24.4. The lowest BCUT2D eigenvalue weighted by Crippen LogP contribution is -2.51. The molecule has 0 radical (unpaired) electrons. The third kappa shape index (κ3) is 4.18. The minimum atomic E-state index is -1.03. The number of hydrogen-bond acceptors (Lipinski definition) is 3. The zero-order valence-electron chi connectivity index (χ0n) is 11.2. The van der Waals surface area contributed by atoms with E-state index in [1.54, 1.807) is 12.0 Å². The maximum Gasteiger partial charge on any atom is 0.325 e. The summed E-state index contributed by atoms with van der Waals surface area (Å²) in [6, 6.07) is -1.09. The van der Waals surface area contributed by atoms with Gasteiger partial charge in [0.1, 0.15) is 6.04 Å².